The standard InChI is InChI=1S/C22H28N4O3/c1-15-23-21(25-29-15)16-8-7-11-19(12-16)26-14-17(13-20(26)27)22(28)24-18-9-5-3-2-4-6-10-18/h7-8,11-12,17-18H,2-6,9-10,13-14H2,1H3,(H,24,28)/t17-/m1/s1. The highest BCUT2D eigenvalue weighted by Crippen LogP contribution is 2.29. The Balaban J connectivity index is 1.42. The first kappa shape index (κ1) is 19.6. The Bertz CT molecular complexity index is 870. The van der Waals surface area contributed by atoms with Crippen LogP contribution >= 0.6 is 0 Å². The fourth-order valence-electron chi connectivity index (χ4n) is 4.28. The van der Waals surface area contributed by atoms with Crippen molar-refractivity contribution in [1.29, 1.82) is 0 Å². The first-order valence-electron chi connectivity index (χ1n) is 10.6. The molecule has 1 atom stereocenters. The van der Waals surface area contributed by atoms with Crippen LogP contribution in [0, 0.1) is 12.8 Å². The van der Waals surface area contributed by atoms with E-state index in [1.165, 1.54) is 32.1 Å². The van der Waals surface area contributed by atoms with Crippen molar-refractivity contribution in [3.63, 3.8) is 0 Å². The van der Waals surface area contributed by atoms with Gasteiger partial charge < -0.3 is 14.7 Å². The van der Waals surface area contributed by atoms with Crippen molar-refractivity contribution < 1.29 is 14.1 Å². The molecule has 2 fully saturated rings. The summed E-state index contributed by atoms with van der Waals surface area (Å²) in [6.45, 7) is 2.15. The summed E-state index contributed by atoms with van der Waals surface area (Å²) in [5, 5.41) is 7.15. The highest BCUT2D eigenvalue weighted by molar-refractivity contribution is 6.00. The molecule has 7 heteroatoms. The Morgan fingerprint density at radius 1 is 1.17 bits per heavy atom. The monoisotopic (exact) mass is 396 g/mol. The van der Waals surface area contributed by atoms with Crippen LogP contribution in [0.15, 0.2) is 28.8 Å². The molecule has 2 aromatic rings. The molecule has 29 heavy (non-hydrogen) atoms. The first-order chi connectivity index (χ1) is 14.1. The van der Waals surface area contributed by atoms with E-state index in [2.05, 4.69) is 15.5 Å². The number of nitrogens with zero attached hydrogens (tertiary/aromatic N) is 3. The van der Waals surface area contributed by atoms with Gasteiger partial charge in [-0.1, -0.05) is 49.4 Å². The van der Waals surface area contributed by atoms with Crippen molar-refractivity contribution in [2.45, 2.75) is 64.3 Å². The molecule has 2 heterocycles. The number of rotatable bonds is 4. The van der Waals surface area contributed by atoms with Gasteiger partial charge in [-0.2, -0.15) is 4.98 Å². The zero-order valence-electron chi connectivity index (χ0n) is 16.9. The Labute approximate surface area is 170 Å². The maximum Gasteiger partial charge on any atom is 0.227 e. The molecule has 0 unspecified atom stereocenters. The number of carbonyl (C=O) groups is 2. The number of aromatic nitrogens is 2. The SMILES string of the molecule is Cc1nc(-c2cccc(N3C[C@H](C(=O)NC4CCCCCCC4)CC3=O)c2)no1. The van der Waals surface area contributed by atoms with E-state index in [1.807, 2.05) is 24.3 Å². The van der Waals surface area contributed by atoms with E-state index in [-0.39, 0.29) is 30.2 Å². The van der Waals surface area contributed by atoms with E-state index < -0.39 is 0 Å². The minimum Gasteiger partial charge on any atom is -0.353 e. The summed E-state index contributed by atoms with van der Waals surface area (Å²) in [7, 11) is 0. The summed E-state index contributed by atoms with van der Waals surface area (Å²) in [4.78, 5) is 31.4. The molecule has 0 bridgehead atoms. The summed E-state index contributed by atoms with van der Waals surface area (Å²) in [6, 6.07) is 7.75. The number of hydrogen-bond acceptors (Lipinski definition) is 5. The molecule has 154 valence electrons. The van der Waals surface area contributed by atoms with Gasteiger partial charge in [-0.15, -0.1) is 0 Å². The summed E-state index contributed by atoms with van der Waals surface area (Å²) < 4.78 is 5.05. The number of amides is 2. The molecule has 1 aromatic carbocycles. The van der Waals surface area contributed by atoms with Gasteiger partial charge in [-0.25, -0.2) is 0 Å². The van der Waals surface area contributed by atoms with Gasteiger partial charge in [0.15, 0.2) is 0 Å². The summed E-state index contributed by atoms with van der Waals surface area (Å²) in [5.74, 6) is 0.674. The zero-order valence-corrected chi connectivity index (χ0v) is 16.9. The fourth-order valence-corrected chi connectivity index (χ4v) is 4.28. The van der Waals surface area contributed by atoms with Gasteiger partial charge in [0, 0.05) is 37.2 Å². The minimum atomic E-state index is -0.302. The van der Waals surface area contributed by atoms with E-state index >= 15 is 0 Å². The lowest BCUT2D eigenvalue weighted by molar-refractivity contribution is -0.127. The molecule has 1 N–H and O–H groups in total. The van der Waals surface area contributed by atoms with E-state index in [9.17, 15) is 9.59 Å². The maximum absolute atomic E-state index is 12.8. The number of anilines is 1. The summed E-state index contributed by atoms with van der Waals surface area (Å²) >= 11 is 0. The normalized spacial score (nSPS) is 21.1. The third-order valence-corrected chi connectivity index (χ3v) is 5.89. The minimum absolute atomic E-state index is 0.0105. The number of carbonyl (C=O) groups excluding carboxylic acids is 2. The number of nitrogens with one attached hydrogen (secondary N) is 1. The lowest BCUT2D eigenvalue weighted by atomic mass is 9.96. The van der Waals surface area contributed by atoms with Crippen LogP contribution in [0.2, 0.25) is 0 Å². The molecule has 1 aliphatic carbocycles. The second-order valence-electron chi connectivity index (χ2n) is 8.14. The van der Waals surface area contributed by atoms with Crippen LogP contribution in [0.5, 0.6) is 0 Å². The zero-order chi connectivity index (χ0) is 20.2. The van der Waals surface area contributed by atoms with Crippen LogP contribution in [0.3, 0.4) is 0 Å². The van der Waals surface area contributed by atoms with Crippen molar-refractivity contribution in [2.75, 3.05) is 11.4 Å². The predicted molar refractivity (Wildman–Crippen MR) is 109 cm³/mol. The van der Waals surface area contributed by atoms with Gasteiger partial charge in [0.05, 0.1) is 5.92 Å². The molecule has 7 nitrogen and oxygen atoms in total. The maximum atomic E-state index is 12.8. The lowest BCUT2D eigenvalue weighted by Gasteiger charge is -2.23. The molecule has 1 aliphatic heterocycles. The van der Waals surface area contributed by atoms with Crippen molar-refractivity contribution >= 4 is 17.5 Å². The van der Waals surface area contributed by atoms with Crippen molar-refractivity contribution in [3.05, 3.63) is 30.2 Å². The van der Waals surface area contributed by atoms with Crippen LogP contribution in [-0.2, 0) is 9.59 Å². The second kappa shape index (κ2) is 8.76. The van der Waals surface area contributed by atoms with E-state index in [0.29, 0.717) is 18.3 Å². The van der Waals surface area contributed by atoms with Crippen molar-refractivity contribution in [1.82, 2.24) is 15.5 Å². The highest BCUT2D eigenvalue weighted by Gasteiger charge is 2.36. The number of benzene rings is 1. The summed E-state index contributed by atoms with van der Waals surface area (Å²) in [6.07, 6.45) is 8.48. The van der Waals surface area contributed by atoms with Gasteiger partial charge in [-0.05, 0) is 25.0 Å². The van der Waals surface area contributed by atoms with Gasteiger partial charge in [0.1, 0.15) is 0 Å². The van der Waals surface area contributed by atoms with Gasteiger partial charge in [-0.3, -0.25) is 9.59 Å². The fraction of sp³-hybridized carbons (Fsp3) is 0.545. The lowest BCUT2D eigenvalue weighted by Crippen LogP contribution is -2.40. The quantitative estimate of drug-likeness (QED) is 0.853. The molecule has 1 saturated carbocycles. The van der Waals surface area contributed by atoms with Crippen molar-refractivity contribution in [3.8, 4) is 11.4 Å². The van der Waals surface area contributed by atoms with Crippen LogP contribution < -0.4 is 10.2 Å². The Morgan fingerprint density at radius 3 is 2.66 bits per heavy atom. The largest absolute Gasteiger partial charge is 0.353 e. The van der Waals surface area contributed by atoms with E-state index in [0.717, 1.165) is 24.1 Å². The van der Waals surface area contributed by atoms with E-state index in [1.54, 1.807) is 11.8 Å². The molecule has 1 aromatic heterocycles. The number of hydrogen-bond donors (Lipinski definition) is 1. The van der Waals surface area contributed by atoms with Gasteiger partial charge in [0.25, 0.3) is 0 Å². The molecule has 1 saturated heterocycles. The Morgan fingerprint density at radius 2 is 1.93 bits per heavy atom. The number of aryl methyl sites for hydroxylation is 1. The van der Waals surface area contributed by atoms with Crippen LogP contribution in [0.1, 0.15) is 57.3 Å². The molecule has 2 aliphatic rings. The Kier molecular flexibility index (Phi) is 5.92. The third kappa shape index (κ3) is 4.66. The Hall–Kier alpha value is -2.70. The topological polar surface area (TPSA) is 88.3 Å². The van der Waals surface area contributed by atoms with Gasteiger partial charge in [0.2, 0.25) is 23.5 Å². The van der Waals surface area contributed by atoms with Gasteiger partial charge >= 0.3 is 0 Å². The van der Waals surface area contributed by atoms with E-state index in [4.69, 9.17) is 4.52 Å². The predicted octanol–water partition coefficient (Wildman–Crippen LogP) is 3.63. The van der Waals surface area contributed by atoms with Crippen LogP contribution in [0.25, 0.3) is 11.4 Å². The molecule has 4 rings (SSSR count). The van der Waals surface area contributed by atoms with Crippen LogP contribution in [-0.4, -0.2) is 34.5 Å². The summed E-state index contributed by atoms with van der Waals surface area (Å²) in [5.41, 5.74) is 1.55. The molecule has 0 spiro atoms. The average molecular weight is 396 g/mol. The van der Waals surface area contributed by atoms with Crippen molar-refractivity contribution in [2.24, 2.45) is 5.92 Å². The molecular weight excluding hydrogens is 368 g/mol. The molecule has 2 amide bonds. The third-order valence-electron chi connectivity index (χ3n) is 5.89. The molecule has 0 radical (unpaired) electrons. The van der Waals surface area contributed by atoms with Crippen LogP contribution in [0.4, 0.5) is 5.69 Å². The highest BCUT2D eigenvalue weighted by atomic mass is 16.5. The second-order valence-corrected chi connectivity index (χ2v) is 8.14. The average Bonchev–Trinajstić information content (AvgIpc) is 3.30. The smallest absolute Gasteiger partial charge is 0.227 e. The molecular formula is C22H28N4O3. The first-order valence-corrected chi connectivity index (χ1v) is 10.6.